The number of anilines is 1. The number of rotatable bonds is 3. The highest BCUT2D eigenvalue weighted by molar-refractivity contribution is 7.11. The summed E-state index contributed by atoms with van der Waals surface area (Å²) in [5.74, 6) is 0.372. The van der Waals surface area contributed by atoms with Crippen LogP contribution >= 0.6 is 11.3 Å². The molecule has 5 nitrogen and oxygen atoms in total. The molecule has 1 fully saturated rings. The molecule has 7 heteroatoms. The zero-order chi connectivity index (χ0) is 16.2. The topological polar surface area (TPSA) is 57.8 Å². The third kappa shape index (κ3) is 3.98. The molecule has 2 aromatic rings. The van der Waals surface area contributed by atoms with Gasteiger partial charge in [-0.05, 0) is 31.2 Å². The molecule has 23 heavy (non-hydrogen) atoms. The molecule has 0 saturated carbocycles. The molecule has 0 amide bonds. The van der Waals surface area contributed by atoms with Crippen LogP contribution in [0.25, 0.3) is 0 Å². The van der Waals surface area contributed by atoms with Crippen LogP contribution in [0, 0.1) is 12.7 Å². The van der Waals surface area contributed by atoms with Gasteiger partial charge in [-0.2, -0.15) is 0 Å². The van der Waals surface area contributed by atoms with Crippen molar-refractivity contribution < 1.29 is 4.39 Å². The number of hydrogen-bond acceptors (Lipinski definition) is 4. The summed E-state index contributed by atoms with van der Waals surface area (Å²) in [4.78, 5) is 14.1. The molecule has 122 valence electrons. The minimum atomic E-state index is -0.206. The molecule has 1 aliphatic rings. The van der Waals surface area contributed by atoms with Gasteiger partial charge in [-0.15, -0.1) is 11.3 Å². The third-order valence-electron chi connectivity index (χ3n) is 3.86. The minimum Gasteiger partial charge on any atom is -0.370 e. The Morgan fingerprint density at radius 1 is 1.26 bits per heavy atom. The number of aliphatic imine (C=N–C) groups is 1. The fourth-order valence-corrected chi connectivity index (χ4v) is 3.30. The van der Waals surface area contributed by atoms with E-state index < -0.39 is 0 Å². The summed E-state index contributed by atoms with van der Waals surface area (Å²) >= 11 is 1.64. The Morgan fingerprint density at radius 3 is 2.57 bits per heavy atom. The maximum atomic E-state index is 13.0. The largest absolute Gasteiger partial charge is 0.370 e. The number of hydrogen-bond donors (Lipinski definition) is 1. The number of guanidine groups is 1. The highest BCUT2D eigenvalue weighted by Crippen LogP contribution is 2.17. The molecule has 2 heterocycles. The first kappa shape index (κ1) is 15.7. The van der Waals surface area contributed by atoms with E-state index in [-0.39, 0.29) is 5.82 Å². The highest BCUT2D eigenvalue weighted by Gasteiger charge is 2.18. The SMILES string of the molecule is Cc1ncc(CN=C(N)N2CCN(c3ccc(F)cc3)CC2)s1. The van der Waals surface area contributed by atoms with Gasteiger partial charge < -0.3 is 15.5 Å². The van der Waals surface area contributed by atoms with Crippen LogP contribution in [0.4, 0.5) is 10.1 Å². The van der Waals surface area contributed by atoms with Gasteiger partial charge in [-0.3, -0.25) is 0 Å². The number of piperazine rings is 1. The van der Waals surface area contributed by atoms with E-state index in [1.807, 2.05) is 25.3 Å². The monoisotopic (exact) mass is 333 g/mol. The van der Waals surface area contributed by atoms with Crippen molar-refractivity contribution in [3.05, 3.63) is 46.2 Å². The van der Waals surface area contributed by atoms with Gasteiger partial charge in [0.2, 0.25) is 0 Å². The van der Waals surface area contributed by atoms with Crippen LogP contribution in [-0.4, -0.2) is 42.0 Å². The maximum absolute atomic E-state index is 13.0. The van der Waals surface area contributed by atoms with Crippen LogP contribution in [-0.2, 0) is 6.54 Å². The molecule has 1 aromatic carbocycles. The lowest BCUT2D eigenvalue weighted by molar-refractivity contribution is 0.380. The van der Waals surface area contributed by atoms with Crippen molar-refractivity contribution >= 4 is 23.0 Å². The Labute approximate surface area is 139 Å². The van der Waals surface area contributed by atoms with E-state index in [9.17, 15) is 4.39 Å². The van der Waals surface area contributed by atoms with E-state index in [0.717, 1.165) is 41.8 Å². The van der Waals surface area contributed by atoms with Crippen molar-refractivity contribution in [2.45, 2.75) is 13.5 Å². The summed E-state index contributed by atoms with van der Waals surface area (Å²) in [6.07, 6.45) is 1.85. The number of nitrogens with zero attached hydrogens (tertiary/aromatic N) is 4. The summed E-state index contributed by atoms with van der Waals surface area (Å²) in [7, 11) is 0. The highest BCUT2D eigenvalue weighted by atomic mass is 32.1. The average molecular weight is 333 g/mol. The Morgan fingerprint density at radius 2 is 1.96 bits per heavy atom. The Kier molecular flexibility index (Phi) is 4.76. The van der Waals surface area contributed by atoms with E-state index in [1.54, 1.807) is 11.3 Å². The van der Waals surface area contributed by atoms with Crippen molar-refractivity contribution in [3.63, 3.8) is 0 Å². The van der Waals surface area contributed by atoms with Crippen LogP contribution in [0.2, 0.25) is 0 Å². The molecule has 1 aliphatic heterocycles. The van der Waals surface area contributed by atoms with Crippen LogP contribution in [0.15, 0.2) is 35.5 Å². The smallest absolute Gasteiger partial charge is 0.191 e. The number of benzene rings is 1. The van der Waals surface area contributed by atoms with Crippen molar-refractivity contribution in [3.8, 4) is 0 Å². The Bertz CT molecular complexity index is 674. The first-order valence-corrected chi connectivity index (χ1v) is 8.40. The summed E-state index contributed by atoms with van der Waals surface area (Å²) in [5.41, 5.74) is 7.14. The average Bonchev–Trinajstić information content (AvgIpc) is 2.99. The van der Waals surface area contributed by atoms with Gasteiger partial charge in [-0.25, -0.2) is 14.4 Å². The second kappa shape index (κ2) is 6.95. The van der Waals surface area contributed by atoms with E-state index in [4.69, 9.17) is 5.73 Å². The molecule has 0 bridgehead atoms. The van der Waals surface area contributed by atoms with Gasteiger partial charge in [0.15, 0.2) is 5.96 Å². The Hall–Kier alpha value is -2.15. The van der Waals surface area contributed by atoms with Crippen molar-refractivity contribution in [2.24, 2.45) is 10.7 Å². The Balaban J connectivity index is 1.54. The molecule has 3 rings (SSSR count). The molecule has 1 saturated heterocycles. The van der Waals surface area contributed by atoms with E-state index in [2.05, 4.69) is 19.8 Å². The molecule has 0 unspecified atom stereocenters. The van der Waals surface area contributed by atoms with Crippen LogP contribution in [0.1, 0.15) is 9.88 Å². The number of nitrogens with two attached hydrogens (primary N) is 1. The maximum Gasteiger partial charge on any atom is 0.191 e. The number of aromatic nitrogens is 1. The summed E-state index contributed by atoms with van der Waals surface area (Å²) in [6.45, 7) is 5.89. The van der Waals surface area contributed by atoms with E-state index in [0.29, 0.717) is 12.5 Å². The lowest BCUT2D eigenvalue weighted by Gasteiger charge is -2.36. The fourth-order valence-electron chi connectivity index (χ4n) is 2.58. The molecule has 0 aliphatic carbocycles. The van der Waals surface area contributed by atoms with Crippen molar-refractivity contribution in [1.29, 1.82) is 0 Å². The first-order valence-electron chi connectivity index (χ1n) is 7.58. The molecule has 1 aromatic heterocycles. The lowest BCUT2D eigenvalue weighted by atomic mass is 10.2. The van der Waals surface area contributed by atoms with E-state index in [1.165, 1.54) is 12.1 Å². The van der Waals surface area contributed by atoms with Gasteiger partial charge in [0.25, 0.3) is 0 Å². The number of aryl methyl sites for hydroxylation is 1. The predicted molar refractivity (Wildman–Crippen MR) is 92.4 cm³/mol. The van der Waals surface area contributed by atoms with Crippen LogP contribution in [0.3, 0.4) is 0 Å². The molecular weight excluding hydrogens is 313 g/mol. The first-order chi connectivity index (χ1) is 11.1. The van der Waals surface area contributed by atoms with Gasteiger partial charge in [0, 0.05) is 42.9 Å². The van der Waals surface area contributed by atoms with Gasteiger partial charge in [0.05, 0.1) is 11.6 Å². The minimum absolute atomic E-state index is 0.206. The molecule has 2 N–H and O–H groups in total. The van der Waals surface area contributed by atoms with Crippen molar-refractivity contribution in [1.82, 2.24) is 9.88 Å². The summed E-state index contributed by atoms with van der Waals surface area (Å²) in [6, 6.07) is 6.62. The lowest BCUT2D eigenvalue weighted by Crippen LogP contribution is -2.51. The summed E-state index contributed by atoms with van der Waals surface area (Å²) < 4.78 is 13.0. The normalized spacial score (nSPS) is 16.0. The number of halogens is 1. The van der Waals surface area contributed by atoms with Crippen molar-refractivity contribution in [2.75, 3.05) is 31.1 Å². The van der Waals surface area contributed by atoms with E-state index >= 15 is 0 Å². The zero-order valence-corrected chi connectivity index (χ0v) is 13.9. The van der Waals surface area contributed by atoms with Crippen LogP contribution in [0.5, 0.6) is 0 Å². The predicted octanol–water partition coefficient (Wildman–Crippen LogP) is 2.23. The molecule has 0 spiro atoms. The van der Waals surface area contributed by atoms with Gasteiger partial charge in [-0.1, -0.05) is 0 Å². The second-order valence-electron chi connectivity index (χ2n) is 5.47. The molecular formula is C16H20FN5S. The second-order valence-corrected chi connectivity index (χ2v) is 6.79. The van der Waals surface area contributed by atoms with Crippen LogP contribution < -0.4 is 10.6 Å². The molecule has 0 atom stereocenters. The summed E-state index contributed by atoms with van der Waals surface area (Å²) in [5, 5.41) is 1.04. The fraction of sp³-hybridized carbons (Fsp3) is 0.375. The quantitative estimate of drug-likeness (QED) is 0.691. The van der Waals surface area contributed by atoms with Gasteiger partial charge in [0.1, 0.15) is 5.82 Å². The number of thiazole rings is 1. The van der Waals surface area contributed by atoms with Gasteiger partial charge >= 0.3 is 0 Å². The standard InChI is InChI=1S/C16H20FN5S/c1-12-19-10-15(23-12)11-20-16(18)22-8-6-21(7-9-22)14-4-2-13(17)3-5-14/h2-5,10H,6-9,11H2,1H3,(H2,18,20). The molecule has 0 radical (unpaired) electrons. The third-order valence-corrected chi connectivity index (χ3v) is 4.76. The zero-order valence-electron chi connectivity index (χ0n) is 13.1.